The van der Waals surface area contributed by atoms with Gasteiger partial charge in [0.25, 0.3) is 0 Å². The van der Waals surface area contributed by atoms with Crippen LogP contribution in [0.1, 0.15) is 103 Å². The number of esters is 2. The van der Waals surface area contributed by atoms with Crippen LogP contribution >= 0.6 is 15.9 Å². The summed E-state index contributed by atoms with van der Waals surface area (Å²) >= 11 is 3.56. The van der Waals surface area contributed by atoms with Gasteiger partial charge in [-0.3, -0.25) is 9.59 Å². The normalized spacial score (nSPS) is 14.2. The first-order valence-electron chi connectivity index (χ1n) is 21.1. The fourth-order valence-corrected chi connectivity index (χ4v) is 6.95. The fourth-order valence-electron chi connectivity index (χ4n) is 6.44. The first-order valence-corrected chi connectivity index (χ1v) is 21.9. The van der Waals surface area contributed by atoms with Crippen molar-refractivity contribution in [3.8, 4) is 22.6 Å². The molecule has 2 aliphatic carbocycles. The molecule has 12 heteroatoms. The molecule has 0 amide bonds. The van der Waals surface area contributed by atoms with E-state index < -0.39 is 12.9 Å². The van der Waals surface area contributed by atoms with Crippen molar-refractivity contribution in [1.29, 1.82) is 0 Å². The molecule has 2 fully saturated rings. The van der Waals surface area contributed by atoms with Crippen LogP contribution in [0.15, 0.2) is 89.4 Å². The van der Waals surface area contributed by atoms with E-state index in [-0.39, 0.29) is 35.1 Å². The molecule has 4 aromatic rings. The Morgan fingerprint density at radius 1 is 0.683 bits per heavy atom. The van der Waals surface area contributed by atoms with Gasteiger partial charge < -0.3 is 29.0 Å². The molecule has 0 aromatic heterocycles. The maximum atomic E-state index is 13.9. The lowest BCUT2D eigenvalue weighted by Crippen LogP contribution is -2.29. The first kappa shape index (κ1) is 48.4. The second-order valence-corrected chi connectivity index (χ2v) is 17.1. The Balaban J connectivity index is 0.000000220. The third-order valence-electron chi connectivity index (χ3n) is 9.95. The predicted molar refractivity (Wildman–Crippen MR) is 236 cm³/mol. The summed E-state index contributed by atoms with van der Waals surface area (Å²) in [4.78, 5) is 24.8. The lowest BCUT2D eigenvalue weighted by molar-refractivity contribution is -0.146. The van der Waals surface area contributed by atoms with E-state index in [0.29, 0.717) is 44.0 Å². The minimum absolute atomic E-state index is 0.144. The van der Waals surface area contributed by atoms with Gasteiger partial charge in [0.05, 0.1) is 42.7 Å². The number of rotatable bonds is 18. The van der Waals surface area contributed by atoms with Crippen molar-refractivity contribution in [2.24, 2.45) is 23.7 Å². The van der Waals surface area contributed by atoms with Crippen LogP contribution in [-0.2, 0) is 19.1 Å². The van der Waals surface area contributed by atoms with Crippen molar-refractivity contribution in [2.75, 3.05) is 26.4 Å². The smallest absolute Gasteiger partial charge is 0.488 e. The monoisotopic (exact) mass is 892 g/mol. The van der Waals surface area contributed by atoms with Gasteiger partial charge in [0.2, 0.25) is 0 Å². The molecule has 0 heterocycles. The van der Waals surface area contributed by atoms with Gasteiger partial charge in [-0.2, -0.15) is 0 Å². The highest BCUT2D eigenvalue weighted by atomic mass is 79.9. The van der Waals surface area contributed by atoms with E-state index in [4.69, 9.17) is 29.0 Å². The molecule has 0 aliphatic heterocycles. The number of benzene rings is 4. The van der Waals surface area contributed by atoms with E-state index in [2.05, 4.69) is 43.6 Å². The summed E-state index contributed by atoms with van der Waals surface area (Å²) in [7, 11) is -1.59. The highest BCUT2D eigenvalue weighted by Gasteiger charge is 2.27. The van der Waals surface area contributed by atoms with Gasteiger partial charge in [-0.1, -0.05) is 64.1 Å². The Bertz CT molecular complexity index is 1970. The SMILES string of the molecule is CCOC(=O)C(CC(C)C)c1ccc(OCC2CC2)c(-c2cccc(F)c2)c1.CCOC(=O)C(CC(C)C)c1ccc(OCC2CC2)c(Br)c1.OB(O)c1cccc(F)c1. The number of halogens is 3. The largest absolute Gasteiger partial charge is 0.493 e. The van der Waals surface area contributed by atoms with Crippen LogP contribution in [0.5, 0.6) is 11.5 Å². The molecule has 0 spiro atoms. The third kappa shape index (κ3) is 16.3. The molecular formula is C48H60BBrF2O8. The third-order valence-corrected chi connectivity index (χ3v) is 10.6. The van der Waals surface area contributed by atoms with Gasteiger partial charge in [-0.25, -0.2) is 8.78 Å². The van der Waals surface area contributed by atoms with Crippen LogP contribution in [0, 0.1) is 35.3 Å². The van der Waals surface area contributed by atoms with E-state index in [9.17, 15) is 18.4 Å². The second kappa shape index (κ2) is 24.3. The summed E-state index contributed by atoms with van der Waals surface area (Å²) in [5.74, 6) is 2.02. The fraction of sp³-hybridized carbons (Fsp3) is 0.458. The molecule has 2 N–H and O–H groups in total. The van der Waals surface area contributed by atoms with Crippen LogP contribution < -0.4 is 14.9 Å². The van der Waals surface area contributed by atoms with Crippen molar-refractivity contribution in [1.82, 2.24) is 0 Å². The molecule has 324 valence electrons. The number of carbonyl (C=O) groups excluding carboxylic acids is 2. The van der Waals surface area contributed by atoms with Gasteiger partial charge in [0.15, 0.2) is 0 Å². The molecule has 2 unspecified atom stereocenters. The lowest BCUT2D eigenvalue weighted by Gasteiger charge is -2.20. The standard InChI is InChI=1S/C24H29FO3.C18H25BrO3.C6H6BFO2/c1-4-27-24(26)22(12-16(2)3)19-10-11-23(28-15-17-8-9-17)21(14-19)18-6-5-7-20(25)13-18;1-4-21-18(20)15(9-12(2)3)14-7-8-17(16(19)10-14)22-11-13-5-6-13;8-6-3-1-2-5(4-6)7(9)10/h5-7,10-11,13-14,16-17,22H,4,8-9,12,15H2,1-3H3;7-8,10,12-13,15H,4-6,9,11H2,1-3H3;1-4,9-10H. The summed E-state index contributed by atoms with van der Waals surface area (Å²) in [6, 6.07) is 23.4. The van der Waals surface area contributed by atoms with Gasteiger partial charge in [-0.05, 0) is 163 Å². The summed E-state index contributed by atoms with van der Waals surface area (Å²) in [6.07, 6.45) is 6.43. The Hall–Kier alpha value is -4.26. The van der Waals surface area contributed by atoms with Crippen molar-refractivity contribution in [2.45, 2.75) is 91.9 Å². The number of hydrogen-bond donors (Lipinski definition) is 2. The number of ether oxygens (including phenoxy) is 4. The zero-order chi connectivity index (χ0) is 43.8. The summed E-state index contributed by atoms with van der Waals surface area (Å²) in [6.45, 7) is 14.3. The lowest BCUT2D eigenvalue weighted by atomic mass is 9.80. The van der Waals surface area contributed by atoms with Gasteiger partial charge in [0, 0.05) is 5.56 Å². The van der Waals surface area contributed by atoms with E-state index in [0.717, 1.165) is 63.2 Å². The van der Waals surface area contributed by atoms with E-state index >= 15 is 0 Å². The predicted octanol–water partition coefficient (Wildman–Crippen LogP) is 10.4. The van der Waals surface area contributed by atoms with E-state index in [1.807, 2.05) is 56.3 Å². The van der Waals surface area contributed by atoms with Crippen molar-refractivity contribution in [3.63, 3.8) is 0 Å². The maximum absolute atomic E-state index is 13.9. The zero-order valence-electron chi connectivity index (χ0n) is 35.7. The highest BCUT2D eigenvalue weighted by molar-refractivity contribution is 9.10. The molecular weight excluding hydrogens is 833 g/mol. The molecule has 0 radical (unpaired) electrons. The summed E-state index contributed by atoms with van der Waals surface area (Å²) in [5, 5.41) is 17.1. The average molecular weight is 894 g/mol. The molecule has 0 saturated heterocycles. The van der Waals surface area contributed by atoms with E-state index in [1.54, 1.807) is 6.07 Å². The quantitative estimate of drug-likeness (QED) is 0.0751. The number of carbonyl (C=O) groups is 2. The van der Waals surface area contributed by atoms with Crippen LogP contribution in [0.25, 0.3) is 11.1 Å². The molecule has 60 heavy (non-hydrogen) atoms. The van der Waals surface area contributed by atoms with Crippen LogP contribution in [0.4, 0.5) is 8.78 Å². The minimum atomic E-state index is -1.59. The average Bonchev–Trinajstić information content (AvgIpc) is 4.15. The Morgan fingerprint density at radius 2 is 1.17 bits per heavy atom. The zero-order valence-corrected chi connectivity index (χ0v) is 37.3. The first-order chi connectivity index (χ1) is 28.7. The Morgan fingerprint density at radius 3 is 1.60 bits per heavy atom. The van der Waals surface area contributed by atoms with Crippen LogP contribution in [-0.4, -0.2) is 55.5 Å². The topological polar surface area (TPSA) is 112 Å². The van der Waals surface area contributed by atoms with Crippen molar-refractivity contribution < 1.29 is 47.4 Å². The van der Waals surface area contributed by atoms with Gasteiger partial charge in [0.1, 0.15) is 23.1 Å². The molecule has 2 aliphatic rings. The summed E-state index contributed by atoms with van der Waals surface area (Å²) in [5.41, 5.74) is 3.60. The second-order valence-electron chi connectivity index (χ2n) is 16.3. The molecule has 4 aromatic carbocycles. The Kier molecular flexibility index (Phi) is 19.6. The minimum Gasteiger partial charge on any atom is -0.493 e. The molecule has 2 saturated carbocycles. The maximum Gasteiger partial charge on any atom is 0.488 e. The van der Waals surface area contributed by atoms with Crippen LogP contribution in [0.3, 0.4) is 0 Å². The Labute approximate surface area is 363 Å². The van der Waals surface area contributed by atoms with Crippen molar-refractivity contribution in [3.05, 3.63) is 112 Å². The highest BCUT2D eigenvalue weighted by Crippen LogP contribution is 2.38. The van der Waals surface area contributed by atoms with Gasteiger partial charge in [-0.15, -0.1) is 0 Å². The van der Waals surface area contributed by atoms with E-state index in [1.165, 1.54) is 56.0 Å². The molecule has 8 nitrogen and oxygen atoms in total. The molecule has 2 atom stereocenters. The molecule has 0 bridgehead atoms. The van der Waals surface area contributed by atoms with Crippen molar-refractivity contribution >= 4 is 40.4 Å². The van der Waals surface area contributed by atoms with Crippen LogP contribution in [0.2, 0.25) is 0 Å². The molecule has 6 rings (SSSR count). The summed E-state index contributed by atoms with van der Waals surface area (Å²) < 4.78 is 49.5. The van der Waals surface area contributed by atoms with Gasteiger partial charge >= 0.3 is 19.1 Å². The number of hydrogen-bond acceptors (Lipinski definition) is 8.